The number of pyridine rings is 1. The molecule has 0 radical (unpaired) electrons. The summed E-state index contributed by atoms with van der Waals surface area (Å²) in [7, 11) is 1.36. The summed E-state index contributed by atoms with van der Waals surface area (Å²) in [6.07, 6.45) is -12.7. The van der Waals surface area contributed by atoms with Gasteiger partial charge in [-0.15, -0.1) is 0 Å². The second kappa shape index (κ2) is 11.1. The number of ether oxygens (including phenoxy) is 2. The van der Waals surface area contributed by atoms with E-state index in [4.69, 9.17) is 20.9 Å². The quantitative estimate of drug-likeness (QED) is 0.507. The molecule has 0 saturated carbocycles. The van der Waals surface area contributed by atoms with E-state index < -0.39 is 47.7 Å². The molecule has 1 fully saturated rings. The maximum atomic E-state index is 14.1. The van der Waals surface area contributed by atoms with Gasteiger partial charge in [-0.1, -0.05) is 12.1 Å². The highest BCUT2D eigenvalue weighted by atomic mass is 19.4. The summed E-state index contributed by atoms with van der Waals surface area (Å²) in [4.78, 5) is 23.5. The predicted octanol–water partition coefficient (Wildman–Crippen LogP) is 2.45. The Kier molecular flexibility index (Phi) is 8.22. The number of benzene rings is 1. The lowest BCUT2D eigenvalue weighted by Crippen LogP contribution is -2.60. The minimum atomic E-state index is -5.37. The molecule has 4 N–H and O–H groups in total. The third-order valence-electron chi connectivity index (χ3n) is 6.30. The van der Waals surface area contributed by atoms with Crippen molar-refractivity contribution in [2.75, 3.05) is 51.6 Å². The van der Waals surface area contributed by atoms with Crippen molar-refractivity contribution >= 4 is 11.8 Å². The van der Waals surface area contributed by atoms with Crippen molar-refractivity contribution in [2.24, 2.45) is 11.5 Å². The Hall–Kier alpha value is -3.18. The molecule has 2 aliphatic heterocycles. The summed E-state index contributed by atoms with van der Waals surface area (Å²) >= 11 is 0. The number of anilines is 1. The highest BCUT2D eigenvalue weighted by Crippen LogP contribution is 2.43. The van der Waals surface area contributed by atoms with Crippen LogP contribution in [0, 0.1) is 0 Å². The third-order valence-corrected chi connectivity index (χ3v) is 6.30. The topological polar surface area (TPSA) is 119 Å². The molecule has 0 spiro atoms. The van der Waals surface area contributed by atoms with Crippen LogP contribution in [0.5, 0.6) is 5.75 Å². The van der Waals surface area contributed by atoms with Crippen molar-refractivity contribution in [1.29, 1.82) is 0 Å². The van der Waals surface area contributed by atoms with Gasteiger partial charge in [-0.25, -0.2) is 9.78 Å². The van der Waals surface area contributed by atoms with E-state index in [2.05, 4.69) is 9.82 Å². The number of morpholine rings is 1. The fourth-order valence-electron chi connectivity index (χ4n) is 4.18. The van der Waals surface area contributed by atoms with Crippen LogP contribution in [0.4, 0.5) is 32.2 Å². The summed E-state index contributed by atoms with van der Waals surface area (Å²) in [6.45, 7) is 2.83. The molecular weight excluding hydrogens is 538 g/mol. The number of carbonyl (C=O) groups excluding carboxylic acids is 1. The largest absolute Gasteiger partial charge is 0.493 e. The first-order chi connectivity index (χ1) is 18.3. The number of hydroxylamine groups is 1. The lowest BCUT2D eigenvalue weighted by Gasteiger charge is -2.42. The molecular formula is C23H26F6N6O4. The van der Waals surface area contributed by atoms with Gasteiger partial charge in [-0.3, -0.25) is 15.5 Å². The first-order valence-electron chi connectivity index (χ1n) is 11.7. The van der Waals surface area contributed by atoms with E-state index in [1.54, 1.807) is 0 Å². The van der Waals surface area contributed by atoms with Gasteiger partial charge in [0, 0.05) is 25.2 Å². The average molecular weight is 564 g/mol. The van der Waals surface area contributed by atoms with E-state index in [1.807, 2.05) is 4.90 Å². The predicted molar refractivity (Wildman–Crippen MR) is 125 cm³/mol. The number of nitrogens with two attached hydrogens (primary N) is 2. The molecule has 4 rings (SSSR count). The van der Waals surface area contributed by atoms with E-state index in [0.717, 1.165) is 6.07 Å². The number of fused-ring (bicyclic) bond motifs is 1. The summed E-state index contributed by atoms with van der Waals surface area (Å²) < 4.78 is 92.1. The highest BCUT2D eigenvalue weighted by Gasteiger charge is 2.46. The van der Waals surface area contributed by atoms with Gasteiger partial charge in [-0.05, 0) is 25.2 Å². The van der Waals surface area contributed by atoms with Crippen LogP contribution in [0.1, 0.15) is 17.3 Å². The van der Waals surface area contributed by atoms with Gasteiger partial charge in [0.05, 0.1) is 36.2 Å². The summed E-state index contributed by atoms with van der Waals surface area (Å²) in [5.74, 6) is -3.19. The lowest BCUT2D eigenvalue weighted by atomic mass is 10.0. The SMILES string of the molecule is CN1C(N)c2ccc(-c3c(OCCN4CCOCC4)cccc3C(F)(F)F)nc2N(OC(=O)C(F)(F)F)C1N. The minimum Gasteiger partial charge on any atom is -0.492 e. The zero-order valence-corrected chi connectivity index (χ0v) is 20.6. The number of alkyl halides is 6. The molecule has 1 saturated heterocycles. The standard InChI is InChI=1S/C23H26F6N6O4/c1-33-18(30)13-5-6-15(32-19(13)35(21(33)31)39-20(36)23(27,28)29)17-14(22(24,25)26)3-2-4-16(17)38-12-9-34-7-10-37-11-8-34/h2-6,18,21H,7-12,30-31H2,1H3. The van der Waals surface area contributed by atoms with Crippen LogP contribution in [0.2, 0.25) is 0 Å². The van der Waals surface area contributed by atoms with E-state index in [9.17, 15) is 31.1 Å². The zero-order chi connectivity index (χ0) is 28.5. The van der Waals surface area contributed by atoms with E-state index in [0.29, 0.717) is 37.9 Å². The lowest BCUT2D eigenvalue weighted by molar-refractivity contribution is -0.204. The molecule has 10 nitrogen and oxygen atoms in total. The van der Waals surface area contributed by atoms with Gasteiger partial charge >= 0.3 is 18.3 Å². The normalized spacial score (nSPS) is 21.0. The van der Waals surface area contributed by atoms with Crippen LogP contribution in [-0.2, 0) is 20.5 Å². The van der Waals surface area contributed by atoms with Crippen LogP contribution in [0.25, 0.3) is 11.3 Å². The molecule has 16 heteroatoms. The van der Waals surface area contributed by atoms with Crippen molar-refractivity contribution in [1.82, 2.24) is 14.8 Å². The Labute approximate surface area is 218 Å². The molecule has 0 amide bonds. The molecule has 214 valence electrons. The van der Waals surface area contributed by atoms with Crippen molar-refractivity contribution in [2.45, 2.75) is 24.8 Å². The van der Waals surface area contributed by atoms with Crippen molar-refractivity contribution in [3.63, 3.8) is 0 Å². The fraction of sp³-hybridized carbons (Fsp3) is 0.478. The number of carbonyl (C=O) groups is 1. The van der Waals surface area contributed by atoms with Crippen LogP contribution < -0.4 is 21.3 Å². The van der Waals surface area contributed by atoms with E-state index >= 15 is 0 Å². The first-order valence-corrected chi connectivity index (χ1v) is 11.7. The van der Waals surface area contributed by atoms with Gasteiger partial charge in [0.1, 0.15) is 12.4 Å². The second-order valence-corrected chi connectivity index (χ2v) is 8.81. The molecule has 2 atom stereocenters. The number of halogens is 6. The molecule has 0 aliphatic carbocycles. The maximum absolute atomic E-state index is 14.1. The van der Waals surface area contributed by atoms with Gasteiger partial charge < -0.3 is 20.0 Å². The molecule has 2 aliphatic rings. The Balaban J connectivity index is 1.75. The van der Waals surface area contributed by atoms with Crippen molar-refractivity contribution < 1.29 is 45.4 Å². The van der Waals surface area contributed by atoms with Crippen LogP contribution in [0.15, 0.2) is 30.3 Å². The zero-order valence-electron chi connectivity index (χ0n) is 20.6. The first kappa shape index (κ1) is 28.8. The summed E-state index contributed by atoms with van der Waals surface area (Å²) in [6, 6.07) is 5.85. The van der Waals surface area contributed by atoms with Crippen molar-refractivity contribution in [3.05, 3.63) is 41.5 Å². The summed E-state index contributed by atoms with van der Waals surface area (Å²) in [5.41, 5.74) is 10.3. The number of hydrogen-bond acceptors (Lipinski definition) is 10. The number of hydrogen-bond donors (Lipinski definition) is 2. The second-order valence-electron chi connectivity index (χ2n) is 8.81. The number of rotatable bonds is 6. The van der Waals surface area contributed by atoms with Gasteiger partial charge in [-0.2, -0.15) is 31.4 Å². The molecule has 2 aromatic rings. The number of nitrogens with zero attached hydrogens (tertiary/aromatic N) is 4. The smallest absolute Gasteiger partial charge is 0.492 e. The van der Waals surface area contributed by atoms with Crippen LogP contribution in [0.3, 0.4) is 0 Å². The Morgan fingerprint density at radius 1 is 1.10 bits per heavy atom. The maximum Gasteiger partial charge on any atom is 0.493 e. The highest BCUT2D eigenvalue weighted by molar-refractivity contribution is 5.78. The van der Waals surface area contributed by atoms with Crippen LogP contribution in [-0.4, -0.2) is 79.7 Å². The average Bonchev–Trinajstić information content (AvgIpc) is 2.89. The van der Waals surface area contributed by atoms with Gasteiger partial charge in [0.25, 0.3) is 0 Å². The molecule has 0 bridgehead atoms. The van der Waals surface area contributed by atoms with Gasteiger partial charge in [0.15, 0.2) is 12.1 Å². The fourth-order valence-corrected chi connectivity index (χ4v) is 4.18. The van der Waals surface area contributed by atoms with E-state index in [-0.39, 0.29) is 23.6 Å². The molecule has 39 heavy (non-hydrogen) atoms. The van der Waals surface area contributed by atoms with Gasteiger partial charge in [0.2, 0.25) is 0 Å². The van der Waals surface area contributed by atoms with Crippen molar-refractivity contribution in [3.8, 4) is 17.0 Å². The number of aromatic nitrogens is 1. The Morgan fingerprint density at radius 3 is 2.44 bits per heavy atom. The molecule has 1 aromatic heterocycles. The van der Waals surface area contributed by atoms with E-state index in [1.165, 1.54) is 36.2 Å². The van der Waals surface area contributed by atoms with Crippen LogP contribution >= 0.6 is 0 Å². The molecule has 3 heterocycles. The molecule has 1 aromatic carbocycles. The minimum absolute atomic E-state index is 0.0507. The third kappa shape index (κ3) is 6.19. The Morgan fingerprint density at radius 2 is 1.79 bits per heavy atom. The monoisotopic (exact) mass is 564 g/mol. The summed E-state index contributed by atoms with van der Waals surface area (Å²) in [5, 5.41) is 0.368. The molecule has 2 unspecified atom stereocenters. The Bertz CT molecular complexity index is 1190.